The highest BCUT2D eigenvalue weighted by molar-refractivity contribution is 7.99. The number of carbonyl (C=O) groups excluding carboxylic acids is 2. The minimum atomic E-state index is -0.649. The molecule has 10 heteroatoms. The van der Waals surface area contributed by atoms with E-state index in [-0.39, 0.29) is 28.3 Å². The number of benzene rings is 1. The zero-order valence-corrected chi connectivity index (χ0v) is 18.1. The van der Waals surface area contributed by atoms with E-state index in [1.54, 1.807) is 6.07 Å². The van der Waals surface area contributed by atoms with Crippen molar-refractivity contribution in [2.24, 2.45) is 5.73 Å². The number of nitrogens with two attached hydrogens (primary N) is 1. The van der Waals surface area contributed by atoms with Crippen molar-refractivity contribution in [2.45, 2.75) is 12.7 Å². The van der Waals surface area contributed by atoms with Gasteiger partial charge in [-0.3, -0.25) is 14.4 Å². The van der Waals surface area contributed by atoms with Gasteiger partial charge in [0.05, 0.1) is 16.9 Å². The Bertz CT molecular complexity index is 1250. The number of rotatable bonds is 8. The molecule has 0 bridgehead atoms. The van der Waals surface area contributed by atoms with E-state index in [9.17, 15) is 14.4 Å². The number of carbonyl (C=O) groups is 2. The van der Waals surface area contributed by atoms with E-state index in [1.165, 1.54) is 30.0 Å². The maximum absolute atomic E-state index is 12.6. The second-order valence-electron chi connectivity index (χ2n) is 6.45. The Morgan fingerprint density at radius 3 is 2.74 bits per heavy atom. The van der Waals surface area contributed by atoms with Crippen LogP contribution in [0, 0.1) is 11.3 Å². The molecule has 0 amide bonds. The fourth-order valence-corrected chi connectivity index (χ4v) is 4.40. The Labute approximate surface area is 185 Å². The average Bonchev–Trinajstić information content (AvgIpc) is 3.18. The molecule has 3 aromatic rings. The fraction of sp³-hybridized carbons (Fsp3) is 0.190. The molecule has 0 saturated heterocycles. The van der Waals surface area contributed by atoms with E-state index in [0.717, 1.165) is 11.1 Å². The molecular formula is C21H18N4O4S2. The van der Waals surface area contributed by atoms with Gasteiger partial charge in [-0.15, -0.1) is 23.1 Å². The van der Waals surface area contributed by atoms with Crippen molar-refractivity contribution in [3.63, 3.8) is 0 Å². The lowest BCUT2D eigenvalue weighted by molar-refractivity contribution is -0.144. The van der Waals surface area contributed by atoms with E-state index < -0.39 is 18.4 Å². The van der Waals surface area contributed by atoms with Crippen LogP contribution >= 0.6 is 23.1 Å². The number of thiophene rings is 1. The first-order valence-corrected chi connectivity index (χ1v) is 11.1. The van der Waals surface area contributed by atoms with Gasteiger partial charge in [0.25, 0.3) is 5.56 Å². The Hall–Kier alpha value is -3.42. The molecule has 2 heterocycles. The SMILES string of the molecule is CC(N)=C(C#N)C(=O)COC(=O)CSCc1nc2scc(-c3ccccc3)c2c(=O)[nH]1. The first kappa shape index (κ1) is 22.3. The standard InChI is InChI=1S/C21H18N4O4S2/c1-12(23)14(7-22)16(26)8-29-18(27)11-30-10-17-24-20(28)19-15(9-31-21(19)25-17)13-5-3-2-4-6-13/h2-6,9H,8,10-11,23H2,1H3,(H,24,25,28). The van der Waals surface area contributed by atoms with E-state index in [0.29, 0.717) is 16.0 Å². The van der Waals surface area contributed by atoms with Gasteiger partial charge in [0, 0.05) is 16.6 Å². The van der Waals surface area contributed by atoms with Crippen molar-refractivity contribution in [2.75, 3.05) is 12.4 Å². The van der Waals surface area contributed by atoms with Gasteiger partial charge in [-0.25, -0.2) is 4.98 Å². The molecule has 0 fully saturated rings. The van der Waals surface area contributed by atoms with Crippen LogP contribution in [-0.2, 0) is 20.1 Å². The molecule has 8 nitrogen and oxygen atoms in total. The van der Waals surface area contributed by atoms with Gasteiger partial charge >= 0.3 is 5.97 Å². The van der Waals surface area contributed by atoms with E-state index in [1.807, 2.05) is 35.7 Å². The number of allylic oxidation sites excluding steroid dienone is 1. The number of ketones is 1. The lowest BCUT2D eigenvalue weighted by Gasteiger charge is -2.05. The van der Waals surface area contributed by atoms with E-state index in [4.69, 9.17) is 15.7 Å². The monoisotopic (exact) mass is 454 g/mol. The molecule has 0 atom stereocenters. The Morgan fingerprint density at radius 1 is 1.32 bits per heavy atom. The number of ether oxygens (including phenoxy) is 1. The number of nitrogens with zero attached hydrogens (tertiary/aromatic N) is 2. The van der Waals surface area contributed by atoms with Crippen molar-refractivity contribution in [1.29, 1.82) is 5.26 Å². The zero-order chi connectivity index (χ0) is 22.4. The summed E-state index contributed by atoms with van der Waals surface area (Å²) in [5.41, 5.74) is 6.84. The Kier molecular flexibility index (Phi) is 7.23. The van der Waals surface area contributed by atoms with Gasteiger partial charge in [-0.05, 0) is 12.5 Å². The molecule has 2 aromatic heterocycles. The number of aromatic nitrogens is 2. The third-order valence-corrected chi connectivity index (χ3v) is 5.98. The molecule has 0 unspecified atom stereocenters. The maximum atomic E-state index is 12.6. The molecule has 0 saturated carbocycles. The summed E-state index contributed by atoms with van der Waals surface area (Å²) < 4.78 is 4.88. The molecule has 1 aromatic carbocycles. The summed E-state index contributed by atoms with van der Waals surface area (Å²) in [6.07, 6.45) is 0. The molecule has 0 aliphatic rings. The molecule has 3 N–H and O–H groups in total. The van der Waals surface area contributed by atoms with Crippen LogP contribution in [0.5, 0.6) is 0 Å². The fourth-order valence-electron chi connectivity index (χ4n) is 2.75. The molecular weight excluding hydrogens is 436 g/mol. The van der Waals surface area contributed by atoms with Gasteiger partial charge < -0.3 is 15.5 Å². The summed E-state index contributed by atoms with van der Waals surface area (Å²) in [6, 6.07) is 11.3. The summed E-state index contributed by atoms with van der Waals surface area (Å²) in [4.78, 5) is 44.1. The van der Waals surface area contributed by atoms with Crippen LogP contribution in [-0.4, -0.2) is 34.1 Å². The molecule has 0 spiro atoms. The normalized spacial score (nSPS) is 11.6. The number of nitrogens with one attached hydrogen (secondary N) is 1. The van der Waals surface area contributed by atoms with Crippen molar-refractivity contribution in [1.82, 2.24) is 9.97 Å². The summed E-state index contributed by atoms with van der Waals surface area (Å²) in [7, 11) is 0. The molecule has 3 rings (SSSR count). The van der Waals surface area contributed by atoms with Gasteiger partial charge in [0.15, 0.2) is 6.61 Å². The highest BCUT2D eigenvalue weighted by Crippen LogP contribution is 2.30. The number of Topliss-reactive ketones (excluding diaryl/α,β-unsaturated/α-hetero) is 1. The van der Waals surface area contributed by atoms with Crippen molar-refractivity contribution >= 4 is 45.1 Å². The third-order valence-electron chi connectivity index (χ3n) is 4.19. The second-order valence-corrected chi connectivity index (χ2v) is 8.30. The van der Waals surface area contributed by atoms with Crippen molar-refractivity contribution < 1.29 is 14.3 Å². The number of hydrogen-bond acceptors (Lipinski definition) is 9. The highest BCUT2D eigenvalue weighted by atomic mass is 32.2. The van der Waals surface area contributed by atoms with E-state index >= 15 is 0 Å². The summed E-state index contributed by atoms with van der Waals surface area (Å²) in [5, 5.41) is 11.3. The van der Waals surface area contributed by atoms with Gasteiger partial charge in [-0.2, -0.15) is 5.26 Å². The molecule has 158 valence electrons. The van der Waals surface area contributed by atoms with Crippen LogP contribution in [0.3, 0.4) is 0 Å². The number of esters is 1. The lowest BCUT2D eigenvalue weighted by Crippen LogP contribution is -2.18. The Morgan fingerprint density at radius 2 is 2.06 bits per heavy atom. The van der Waals surface area contributed by atoms with Crippen molar-refractivity contribution in [3.8, 4) is 17.2 Å². The number of thioether (sulfide) groups is 1. The summed E-state index contributed by atoms with van der Waals surface area (Å²) in [6.45, 7) is 0.879. The minimum Gasteiger partial charge on any atom is -0.457 e. The molecule has 0 radical (unpaired) electrons. The highest BCUT2D eigenvalue weighted by Gasteiger charge is 2.15. The second kappa shape index (κ2) is 10.1. The number of fused-ring (bicyclic) bond motifs is 1. The predicted molar refractivity (Wildman–Crippen MR) is 120 cm³/mol. The first-order valence-electron chi connectivity index (χ1n) is 9.09. The minimum absolute atomic E-state index is 0.0397. The largest absolute Gasteiger partial charge is 0.457 e. The summed E-state index contributed by atoms with van der Waals surface area (Å²) >= 11 is 2.58. The first-order chi connectivity index (χ1) is 14.9. The van der Waals surface area contributed by atoms with Crippen LogP contribution in [0.2, 0.25) is 0 Å². The number of aromatic amines is 1. The van der Waals surface area contributed by atoms with Gasteiger partial charge in [0.1, 0.15) is 22.3 Å². The van der Waals surface area contributed by atoms with Crippen LogP contribution in [0.1, 0.15) is 12.7 Å². The van der Waals surface area contributed by atoms with Crippen LogP contribution in [0.25, 0.3) is 21.3 Å². The zero-order valence-electron chi connectivity index (χ0n) is 16.5. The lowest BCUT2D eigenvalue weighted by atomic mass is 10.1. The molecule has 0 aliphatic heterocycles. The molecule has 31 heavy (non-hydrogen) atoms. The Balaban J connectivity index is 1.59. The average molecular weight is 455 g/mol. The van der Waals surface area contributed by atoms with Crippen LogP contribution in [0.4, 0.5) is 0 Å². The topological polar surface area (TPSA) is 139 Å². The van der Waals surface area contributed by atoms with Gasteiger partial charge in [0.2, 0.25) is 5.78 Å². The van der Waals surface area contributed by atoms with Crippen LogP contribution in [0.15, 0.2) is 51.8 Å². The smallest absolute Gasteiger partial charge is 0.316 e. The maximum Gasteiger partial charge on any atom is 0.316 e. The van der Waals surface area contributed by atoms with E-state index in [2.05, 4.69) is 9.97 Å². The third kappa shape index (κ3) is 5.39. The predicted octanol–water partition coefficient (Wildman–Crippen LogP) is 2.75. The number of nitriles is 1. The quantitative estimate of drug-likeness (QED) is 0.301. The number of hydrogen-bond donors (Lipinski definition) is 2. The van der Waals surface area contributed by atoms with Crippen LogP contribution < -0.4 is 11.3 Å². The van der Waals surface area contributed by atoms with Gasteiger partial charge in [-0.1, -0.05) is 30.3 Å². The van der Waals surface area contributed by atoms with Crippen molar-refractivity contribution in [3.05, 3.63) is 63.2 Å². The molecule has 0 aliphatic carbocycles. The number of H-pyrrole nitrogens is 1. The summed E-state index contributed by atoms with van der Waals surface area (Å²) in [5.74, 6) is -0.568.